The highest BCUT2D eigenvalue weighted by atomic mass is 16.5. The van der Waals surface area contributed by atoms with Gasteiger partial charge in [-0.05, 0) is 36.6 Å². The highest BCUT2D eigenvalue weighted by Crippen LogP contribution is 2.32. The Morgan fingerprint density at radius 3 is 3.00 bits per heavy atom. The molecule has 16 heavy (non-hydrogen) atoms. The summed E-state index contributed by atoms with van der Waals surface area (Å²) in [6.45, 7) is 5.15. The van der Waals surface area contributed by atoms with E-state index in [9.17, 15) is 5.11 Å². The van der Waals surface area contributed by atoms with Crippen molar-refractivity contribution in [3.8, 4) is 5.75 Å². The van der Waals surface area contributed by atoms with Crippen LogP contribution < -0.4 is 4.74 Å². The molecular formula is C13H16O3. The molecule has 2 radical (unpaired) electrons. The van der Waals surface area contributed by atoms with Crippen LogP contribution in [0.4, 0.5) is 0 Å². The Labute approximate surface area is 96.0 Å². The topological polar surface area (TPSA) is 38.4 Å². The summed E-state index contributed by atoms with van der Waals surface area (Å²) in [6, 6.07) is 5.44. The van der Waals surface area contributed by atoms with Crippen molar-refractivity contribution < 1.29 is 14.6 Å². The maximum Gasteiger partial charge on any atom is 0.123 e. The van der Waals surface area contributed by atoms with Crippen LogP contribution >= 0.6 is 0 Å². The monoisotopic (exact) mass is 220 g/mol. The summed E-state index contributed by atoms with van der Waals surface area (Å²) in [5.74, 6) is 0.773. The molecular weight excluding hydrogens is 204 g/mol. The second-order valence-corrected chi connectivity index (χ2v) is 4.11. The normalized spacial score (nSPS) is 22.1. The first kappa shape index (κ1) is 11.4. The molecule has 1 aromatic rings. The van der Waals surface area contributed by atoms with Crippen molar-refractivity contribution in [2.45, 2.75) is 12.5 Å². The van der Waals surface area contributed by atoms with Gasteiger partial charge in [-0.15, -0.1) is 0 Å². The first-order valence-electron chi connectivity index (χ1n) is 5.46. The number of rotatable bonds is 3. The van der Waals surface area contributed by atoms with E-state index in [-0.39, 0.29) is 5.92 Å². The van der Waals surface area contributed by atoms with Gasteiger partial charge in [-0.1, -0.05) is 6.07 Å². The lowest BCUT2D eigenvalue weighted by molar-refractivity contribution is 0.0291. The van der Waals surface area contributed by atoms with Crippen LogP contribution in [0.15, 0.2) is 18.2 Å². The standard InChI is InChI=1S/C13H16O3/c1-9-3-4-11(15-2)7-12(9)13(14)10-5-6-16-8-10/h3-4,7,10,13H,1,5-6,8H2,2H3. The van der Waals surface area contributed by atoms with E-state index in [1.807, 2.05) is 12.1 Å². The summed E-state index contributed by atoms with van der Waals surface area (Å²) >= 11 is 0. The van der Waals surface area contributed by atoms with Crippen molar-refractivity contribution in [1.29, 1.82) is 0 Å². The molecule has 0 N–H and O–H groups in total. The average Bonchev–Trinajstić information content (AvgIpc) is 2.82. The van der Waals surface area contributed by atoms with Crippen LogP contribution in [0.5, 0.6) is 5.75 Å². The molecule has 1 aromatic carbocycles. The van der Waals surface area contributed by atoms with E-state index < -0.39 is 6.10 Å². The van der Waals surface area contributed by atoms with Gasteiger partial charge in [-0.25, -0.2) is 5.11 Å². The van der Waals surface area contributed by atoms with E-state index in [4.69, 9.17) is 9.47 Å². The van der Waals surface area contributed by atoms with Crippen LogP contribution in [0.2, 0.25) is 0 Å². The van der Waals surface area contributed by atoms with Gasteiger partial charge in [-0.3, -0.25) is 0 Å². The first-order chi connectivity index (χ1) is 7.72. The molecule has 2 rings (SSSR count). The van der Waals surface area contributed by atoms with Gasteiger partial charge in [0, 0.05) is 12.5 Å². The smallest absolute Gasteiger partial charge is 0.123 e. The van der Waals surface area contributed by atoms with E-state index in [2.05, 4.69) is 6.92 Å². The molecule has 0 aromatic heterocycles. The lowest BCUT2D eigenvalue weighted by Crippen LogP contribution is -2.12. The maximum absolute atomic E-state index is 12.2. The molecule has 0 amide bonds. The minimum Gasteiger partial charge on any atom is -0.497 e. The van der Waals surface area contributed by atoms with Crippen molar-refractivity contribution in [2.24, 2.45) is 5.92 Å². The predicted octanol–water partition coefficient (Wildman–Crippen LogP) is 2.39. The van der Waals surface area contributed by atoms with Crippen molar-refractivity contribution in [1.82, 2.24) is 0 Å². The van der Waals surface area contributed by atoms with Crippen molar-refractivity contribution in [3.63, 3.8) is 0 Å². The molecule has 0 bridgehead atoms. The van der Waals surface area contributed by atoms with Gasteiger partial charge in [0.25, 0.3) is 0 Å². The SMILES string of the molecule is [CH2]c1ccc(OC)cc1C([O])C1CCOC1. The fourth-order valence-electron chi connectivity index (χ4n) is 2.01. The fraction of sp³-hybridized carbons (Fsp3) is 0.462. The summed E-state index contributed by atoms with van der Waals surface area (Å²) in [5, 5.41) is 12.2. The lowest BCUT2D eigenvalue weighted by Gasteiger charge is -2.17. The number of benzene rings is 1. The molecule has 86 valence electrons. The molecule has 2 unspecified atom stereocenters. The quantitative estimate of drug-likeness (QED) is 0.784. The van der Waals surface area contributed by atoms with Gasteiger partial charge in [-0.2, -0.15) is 0 Å². The molecule has 1 saturated heterocycles. The average molecular weight is 220 g/mol. The van der Waals surface area contributed by atoms with E-state index in [1.54, 1.807) is 13.2 Å². The van der Waals surface area contributed by atoms with Crippen molar-refractivity contribution in [2.75, 3.05) is 20.3 Å². The molecule has 0 saturated carbocycles. The lowest BCUT2D eigenvalue weighted by atomic mass is 9.92. The summed E-state index contributed by atoms with van der Waals surface area (Å²) in [5.41, 5.74) is 1.52. The zero-order chi connectivity index (χ0) is 11.5. The molecule has 1 aliphatic rings. The molecule has 1 heterocycles. The van der Waals surface area contributed by atoms with Crippen LogP contribution in [0, 0.1) is 12.8 Å². The maximum atomic E-state index is 12.2. The third kappa shape index (κ3) is 2.20. The Balaban J connectivity index is 2.23. The molecule has 3 nitrogen and oxygen atoms in total. The van der Waals surface area contributed by atoms with Gasteiger partial charge < -0.3 is 9.47 Å². The van der Waals surface area contributed by atoms with Crippen LogP contribution in [-0.2, 0) is 9.84 Å². The number of ether oxygens (including phenoxy) is 2. The summed E-state index contributed by atoms with van der Waals surface area (Å²) in [4.78, 5) is 0. The third-order valence-electron chi connectivity index (χ3n) is 3.05. The Bertz CT molecular complexity index is 356. The van der Waals surface area contributed by atoms with Crippen molar-refractivity contribution >= 4 is 0 Å². The number of hydrogen-bond donors (Lipinski definition) is 0. The van der Waals surface area contributed by atoms with Gasteiger partial charge in [0.1, 0.15) is 11.9 Å². The zero-order valence-electron chi connectivity index (χ0n) is 9.44. The third-order valence-corrected chi connectivity index (χ3v) is 3.05. The van der Waals surface area contributed by atoms with Crippen LogP contribution in [-0.4, -0.2) is 20.3 Å². The van der Waals surface area contributed by atoms with Crippen LogP contribution in [0.3, 0.4) is 0 Å². The first-order valence-corrected chi connectivity index (χ1v) is 5.46. The molecule has 1 fully saturated rings. The highest BCUT2D eigenvalue weighted by Gasteiger charge is 2.27. The van der Waals surface area contributed by atoms with E-state index in [0.717, 1.165) is 17.5 Å². The van der Waals surface area contributed by atoms with E-state index in [1.165, 1.54) is 0 Å². The molecule has 0 spiro atoms. The number of methoxy groups -OCH3 is 1. The van der Waals surface area contributed by atoms with Gasteiger partial charge in [0.05, 0.1) is 13.7 Å². The van der Waals surface area contributed by atoms with E-state index in [0.29, 0.717) is 19.0 Å². The van der Waals surface area contributed by atoms with Crippen LogP contribution in [0.1, 0.15) is 23.7 Å². The molecule has 3 heteroatoms. The zero-order valence-corrected chi connectivity index (χ0v) is 9.44. The summed E-state index contributed by atoms with van der Waals surface area (Å²) in [6.07, 6.45) is 0.0789. The Hall–Kier alpha value is -1.06. The highest BCUT2D eigenvalue weighted by molar-refractivity contribution is 5.38. The second kappa shape index (κ2) is 4.85. The predicted molar refractivity (Wildman–Crippen MR) is 59.8 cm³/mol. The van der Waals surface area contributed by atoms with Gasteiger partial charge in [0.15, 0.2) is 0 Å². The second-order valence-electron chi connectivity index (χ2n) is 4.11. The molecule has 2 atom stereocenters. The van der Waals surface area contributed by atoms with Crippen LogP contribution in [0.25, 0.3) is 0 Å². The van der Waals surface area contributed by atoms with Crippen molar-refractivity contribution in [3.05, 3.63) is 36.2 Å². The molecule has 1 aliphatic heterocycles. The minimum absolute atomic E-state index is 0.0626. The van der Waals surface area contributed by atoms with E-state index >= 15 is 0 Å². The van der Waals surface area contributed by atoms with Gasteiger partial charge in [0.2, 0.25) is 0 Å². The number of hydrogen-bond acceptors (Lipinski definition) is 2. The fourth-order valence-corrected chi connectivity index (χ4v) is 2.01. The Morgan fingerprint density at radius 2 is 2.38 bits per heavy atom. The van der Waals surface area contributed by atoms with Gasteiger partial charge >= 0.3 is 0 Å². The largest absolute Gasteiger partial charge is 0.497 e. The molecule has 0 aliphatic carbocycles. The summed E-state index contributed by atoms with van der Waals surface area (Å²) in [7, 11) is 1.60. The minimum atomic E-state index is -0.759. The summed E-state index contributed by atoms with van der Waals surface area (Å²) < 4.78 is 10.4. The Kier molecular flexibility index (Phi) is 3.46. The Morgan fingerprint density at radius 1 is 1.56 bits per heavy atom.